The van der Waals surface area contributed by atoms with E-state index in [9.17, 15) is 9.59 Å². The molecule has 0 aromatic rings. The molecule has 68 valence electrons. The molecule has 0 aromatic carbocycles. The molecule has 0 unspecified atom stereocenters. The maximum atomic E-state index is 10.7. The van der Waals surface area contributed by atoms with Gasteiger partial charge in [-0.2, -0.15) is 0 Å². The molecule has 0 fully saturated rings. The molecule has 0 aliphatic rings. The van der Waals surface area contributed by atoms with E-state index in [0.717, 1.165) is 12.1 Å². The predicted octanol–water partition coefficient (Wildman–Crippen LogP) is -1.63. The van der Waals surface area contributed by atoms with E-state index in [4.69, 9.17) is 5.73 Å². The number of nitrogens with two attached hydrogens (primary N) is 1. The Balaban J connectivity index is 4.01. The zero-order valence-electron chi connectivity index (χ0n) is 6.66. The molecule has 3 N–H and O–H groups in total. The van der Waals surface area contributed by atoms with Crippen LogP contribution in [0.2, 0.25) is 0 Å². The number of methoxy groups -OCH3 is 1. The number of carbonyl (C=O) groups is 2. The first kappa shape index (κ1) is 10.6. The first-order chi connectivity index (χ1) is 5.49. The van der Waals surface area contributed by atoms with Crippen molar-refractivity contribution in [2.45, 2.75) is 0 Å². The fraction of sp³-hybridized carbons (Fsp3) is 0.400. The minimum Gasteiger partial charge on any atom is -0.462 e. The Kier molecular flexibility index (Phi) is 3.98. The molecule has 7 heteroatoms. The molecule has 12 heavy (non-hydrogen) atoms. The largest absolute Gasteiger partial charge is 0.462 e. The zero-order chi connectivity index (χ0) is 9.72. The van der Waals surface area contributed by atoms with Gasteiger partial charge in [0.2, 0.25) is 0 Å². The monoisotopic (exact) mass is 191 g/mol. The Hall–Kier alpha value is -1.37. The highest BCUT2D eigenvalue weighted by atomic mass is 32.1. The topological polar surface area (TPSA) is 84.7 Å². The summed E-state index contributed by atoms with van der Waals surface area (Å²) in [6.07, 6.45) is 0. The van der Waals surface area contributed by atoms with Crippen LogP contribution >= 0.6 is 12.2 Å². The molecule has 0 bridgehead atoms. The van der Waals surface area contributed by atoms with Crippen molar-refractivity contribution >= 4 is 29.2 Å². The van der Waals surface area contributed by atoms with Crippen molar-refractivity contribution in [2.75, 3.05) is 14.2 Å². The first-order valence-electron chi connectivity index (χ1n) is 2.91. The van der Waals surface area contributed by atoms with Gasteiger partial charge in [0.15, 0.2) is 5.11 Å². The maximum absolute atomic E-state index is 10.7. The standard InChI is InChI=1S/C5H9N3O3S/c1-8(5(6)12)7-3(9)4(10)11-2/h1-2H3,(H2,6,12)(H,7,9). The molecule has 0 heterocycles. The molecule has 0 saturated carbocycles. The number of hydrazine groups is 1. The molecule has 0 saturated heterocycles. The normalized spacial score (nSPS) is 8.50. The Morgan fingerprint density at radius 3 is 2.42 bits per heavy atom. The van der Waals surface area contributed by atoms with Crippen LogP contribution in [0.3, 0.4) is 0 Å². The van der Waals surface area contributed by atoms with Crippen molar-refractivity contribution in [1.29, 1.82) is 0 Å². The molecular formula is C5H9N3O3S. The molecule has 0 aliphatic heterocycles. The van der Waals surface area contributed by atoms with Gasteiger partial charge in [-0.05, 0) is 12.2 Å². The number of nitrogens with zero attached hydrogens (tertiary/aromatic N) is 1. The number of esters is 1. The van der Waals surface area contributed by atoms with Gasteiger partial charge in [0.05, 0.1) is 7.11 Å². The van der Waals surface area contributed by atoms with Gasteiger partial charge in [0.25, 0.3) is 0 Å². The number of carbonyl (C=O) groups excluding carboxylic acids is 2. The lowest BCUT2D eigenvalue weighted by Gasteiger charge is -2.16. The van der Waals surface area contributed by atoms with Gasteiger partial charge >= 0.3 is 11.9 Å². The first-order valence-corrected chi connectivity index (χ1v) is 3.32. The minimum absolute atomic E-state index is 0.0488. The van der Waals surface area contributed by atoms with Crippen molar-refractivity contribution in [3.63, 3.8) is 0 Å². The van der Waals surface area contributed by atoms with Crippen LogP contribution in [0, 0.1) is 0 Å². The number of nitrogens with one attached hydrogen (secondary N) is 1. The molecule has 1 amide bonds. The third-order valence-corrected chi connectivity index (χ3v) is 1.24. The summed E-state index contributed by atoms with van der Waals surface area (Å²) in [5.41, 5.74) is 7.20. The van der Waals surface area contributed by atoms with Crippen molar-refractivity contribution in [3.8, 4) is 0 Å². The van der Waals surface area contributed by atoms with E-state index in [1.165, 1.54) is 7.05 Å². The average Bonchev–Trinajstić information content (AvgIpc) is 2.02. The summed E-state index contributed by atoms with van der Waals surface area (Å²) in [6, 6.07) is 0. The van der Waals surface area contributed by atoms with Crippen LogP contribution < -0.4 is 11.2 Å². The highest BCUT2D eigenvalue weighted by molar-refractivity contribution is 7.80. The number of thiocarbonyl (C=S) groups is 1. The van der Waals surface area contributed by atoms with Gasteiger partial charge in [0, 0.05) is 7.05 Å². The minimum atomic E-state index is -1.00. The fourth-order valence-electron chi connectivity index (χ4n) is 0.346. The van der Waals surface area contributed by atoms with Crippen molar-refractivity contribution in [1.82, 2.24) is 10.4 Å². The summed E-state index contributed by atoms with van der Waals surface area (Å²) in [5, 5.41) is 0.987. The number of hydrogen-bond acceptors (Lipinski definition) is 4. The molecular weight excluding hydrogens is 182 g/mol. The van der Waals surface area contributed by atoms with Crippen LogP contribution in [-0.4, -0.2) is 36.2 Å². The summed E-state index contributed by atoms with van der Waals surface area (Å²) in [5.74, 6) is -1.93. The molecule has 0 aliphatic carbocycles. The second kappa shape index (κ2) is 4.50. The maximum Gasteiger partial charge on any atom is 0.398 e. The summed E-state index contributed by atoms with van der Waals surface area (Å²) in [6.45, 7) is 0. The molecule has 0 radical (unpaired) electrons. The van der Waals surface area contributed by atoms with Crippen molar-refractivity contribution in [2.24, 2.45) is 5.73 Å². The van der Waals surface area contributed by atoms with E-state index in [1.807, 2.05) is 0 Å². The predicted molar refractivity (Wildman–Crippen MR) is 44.7 cm³/mol. The number of hydrogen-bond donors (Lipinski definition) is 2. The van der Waals surface area contributed by atoms with Crippen LogP contribution in [0.15, 0.2) is 0 Å². The van der Waals surface area contributed by atoms with Gasteiger partial charge in [0.1, 0.15) is 0 Å². The summed E-state index contributed by atoms with van der Waals surface area (Å²) in [4.78, 5) is 21.3. The third-order valence-electron chi connectivity index (χ3n) is 0.971. The Morgan fingerprint density at radius 1 is 1.58 bits per heavy atom. The van der Waals surface area contributed by atoms with Gasteiger partial charge in [-0.1, -0.05) is 0 Å². The summed E-state index contributed by atoms with van der Waals surface area (Å²) < 4.78 is 4.13. The Bertz CT molecular complexity index is 218. The molecule has 6 nitrogen and oxygen atoms in total. The van der Waals surface area contributed by atoms with E-state index in [1.54, 1.807) is 0 Å². The van der Waals surface area contributed by atoms with Gasteiger partial charge in [-0.25, -0.2) is 4.79 Å². The van der Waals surface area contributed by atoms with Crippen LogP contribution in [0.4, 0.5) is 0 Å². The lowest BCUT2D eigenvalue weighted by molar-refractivity contribution is -0.154. The van der Waals surface area contributed by atoms with Crippen LogP contribution in [0.5, 0.6) is 0 Å². The van der Waals surface area contributed by atoms with Crippen molar-refractivity contribution < 1.29 is 14.3 Å². The Labute approximate surface area is 74.6 Å². The smallest absolute Gasteiger partial charge is 0.398 e. The second-order valence-electron chi connectivity index (χ2n) is 1.83. The van der Waals surface area contributed by atoms with E-state index in [2.05, 4.69) is 22.4 Å². The average molecular weight is 191 g/mol. The lowest BCUT2D eigenvalue weighted by Crippen LogP contribution is -2.48. The molecule has 0 aromatic heterocycles. The molecule has 0 atom stereocenters. The highest BCUT2D eigenvalue weighted by Crippen LogP contribution is 1.78. The Morgan fingerprint density at radius 2 is 2.08 bits per heavy atom. The van der Waals surface area contributed by atoms with Gasteiger partial charge in [-0.15, -0.1) is 0 Å². The van der Waals surface area contributed by atoms with Crippen LogP contribution in [-0.2, 0) is 14.3 Å². The number of amides is 1. The van der Waals surface area contributed by atoms with E-state index in [-0.39, 0.29) is 5.11 Å². The molecule has 0 rings (SSSR count). The third kappa shape index (κ3) is 3.15. The number of ether oxygens (including phenoxy) is 1. The van der Waals surface area contributed by atoms with Crippen molar-refractivity contribution in [3.05, 3.63) is 0 Å². The van der Waals surface area contributed by atoms with Gasteiger partial charge in [-0.3, -0.25) is 15.2 Å². The quantitative estimate of drug-likeness (QED) is 0.207. The van der Waals surface area contributed by atoms with E-state index in [0.29, 0.717) is 0 Å². The number of rotatable bonds is 0. The summed E-state index contributed by atoms with van der Waals surface area (Å²) >= 11 is 4.50. The fourth-order valence-corrected chi connectivity index (χ4v) is 0.391. The zero-order valence-corrected chi connectivity index (χ0v) is 7.47. The van der Waals surface area contributed by atoms with E-state index >= 15 is 0 Å². The SMILES string of the molecule is COC(=O)C(=O)NN(C)C(N)=S. The summed E-state index contributed by atoms with van der Waals surface area (Å²) in [7, 11) is 2.51. The highest BCUT2D eigenvalue weighted by Gasteiger charge is 2.15. The van der Waals surface area contributed by atoms with Crippen LogP contribution in [0.25, 0.3) is 0 Å². The van der Waals surface area contributed by atoms with E-state index < -0.39 is 11.9 Å². The van der Waals surface area contributed by atoms with Gasteiger partial charge < -0.3 is 10.5 Å². The second-order valence-corrected chi connectivity index (χ2v) is 2.25. The molecule has 0 spiro atoms. The van der Waals surface area contributed by atoms with Crippen LogP contribution in [0.1, 0.15) is 0 Å². The lowest BCUT2D eigenvalue weighted by atomic mass is 10.6.